The van der Waals surface area contributed by atoms with E-state index in [2.05, 4.69) is 4.98 Å². The zero-order valence-corrected chi connectivity index (χ0v) is 10.4. The third kappa shape index (κ3) is 3.53. The van der Waals surface area contributed by atoms with Crippen LogP contribution in [0.5, 0.6) is 11.6 Å². The van der Waals surface area contributed by atoms with Gasteiger partial charge in [-0.15, -0.1) is 0 Å². The molecule has 0 fully saturated rings. The Morgan fingerprint density at radius 2 is 1.95 bits per heavy atom. The summed E-state index contributed by atoms with van der Waals surface area (Å²) >= 11 is 0. The SMILES string of the molecule is NCCc1ccc(Oc2cc(C(N)=O)ccn2)cc1. The number of benzene rings is 1. The molecule has 0 aliphatic heterocycles. The molecule has 0 unspecified atom stereocenters. The number of carbonyl (C=O) groups excluding carboxylic acids is 1. The van der Waals surface area contributed by atoms with E-state index < -0.39 is 5.91 Å². The van der Waals surface area contributed by atoms with Crippen molar-refractivity contribution in [2.45, 2.75) is 6.42 Å². The second kappa shape index (κ2) is 5.97. The van der Waals surface area contributed by atoms with Crippen LogP contribution in [0, 0.1) is 0 Å². The van der Waals surface area contributed by atoms with Crippen LogP contribution < -0.4 is 16.2 Å². The van der Waals surface area contributed by atoms with Gasteiger partial charge in [0.25, 0.3) is 0 Å². The van der Waals surface area contributed by atoms with Crippen LogP contribution in [0.25, 0.3) is 0 Å². The maximum Gasteiger partial charge on any atom is 0.248 e. The molecule has 1 heterocycles. The van der Waals surface area contributed by atoms with Gasteiger partial charge in [-0.1, -0.05) is 12.1 Å². The van der Waals surface area contributed by atoms with Gasteiger partial charge in [0.05, 0.1) is 0 Å². The van der Waals surface area contributed by atoms with Crippen molar-refractivity contribution >= 4 is 5.91 Å². The molecule has 1 amide bonds. The summed E-state index contributed by atoms with van der Waals surface area (Å²) in [7, 11) is 0. The molecule has 1 aromatic heterocycles. The topological polar surface area (TPSA) is 91.2 Å². The van der Waals surface area contributed by atoms with E-state index in [-0.39, 0.29) is 0 Å². The largest absolute Gasteiger partial charge is 0.439 e. The fourth-order valence-electron chi connectivity index (χ4n) is 1.63. The second-order valence-electron chi connectivity index (χ2n) is 4.03. The van der Waals surface area contributed by atoms with Crippen molar-refractivity contribution in [1.29, 1.82) is 0 Å². The van der Waals surface area contributed by atoms with Gasteiger partial charge in [0.15, 0.2) is 0 Å². The predicted molar refractivity (Wildman–Crippen MR) is 72.0 cm³/mol. The van der Waals surface area contributed by atoms with Crippen LogP contribution >= 0.6 is 0 Å². The molecule has 0 atom stereocenters. The summed E-state index contributed by atoms with van der Waals surface area (Å²) in [5.41, 5.74) is 12.2. The zero-order chi connectivity index (χ0) is 13.7. The van der Waals surface area contributed by atoms with Crippen LogP contribution in [0.15, 0.2) is 42.6 Å². The highest BCUT2D eigenvalue weighted by atomic mass is 16.5. The van der Waals surface area contributed by atoms with Gasteiger partial charge in [-0.25, -0.2) is 4.98 Å². The molecular formula is C14H15N3O2. The van der Waals surface area contributed by atoms with Crippen LogP contribution in [0.1, 0.15) is 15.9 Å². The number of nitrogens with zero attached hydrogens (tertiary/aromatic N) is 1. The minimum absolute atomic E-state index is 0.336. The van der Waals surface area contributed by atoms with E-state index in [9.17, 15) is 4.79 Å². The monoisotopic (exact) mass is 257 g/mol. The van der Waals surface area contributed by atoms with E-state index in [1.54, 1.807) is 6.07 Å². The molecule has 98 valence electrons. The number of ether oxygens (including phenoxy) is 1. The Morgan fingerprint density at radius 1 is 1.21 bits per heavy atom. The maximum absolute atomic E-state index is 11.0. The first-order chi connectivity index (χ1) is 9.19. The summed E-state index contributed by atoms with van der Waals surface area (Å²) in [6.07, 6.45) is 2.31. The first-order valence-electron chi connectivity index (χ1n) is 5.92. The van der Waals surface area contributed by atoms with Gasteiger partial charge >= 0.3 is 0 Å². The number of nitrogens with two attached hydrogens (primary N) is 2. The molecule has 19 heavy (non-hydrogen) atoms. The molecule has 0 spiro atoms. The number of primary amides is 1. The zero-order valence-electron chi connectivity index (χ0n) is 10.4. The summed E-state index contributed by atoms with van der Waals surface area (Å²) in [4.78, 5) is 15.1. The highest BCUT2D eigenvalue weighted by Crippen LogP contribution is 2.20. The lowest BCUT2D eigenvalue weighted by Gasteiger charge is -2.06. The molecule has 2 rings (SSSR count). The predicted octanol–water partition coefficient (Wildman–Crippen LogP) is 1.47. The number of amides is 1. The minimum atomic E-state index is -0.509. The van der Waals surface area contributed by atoms with Crippen molar-refractivity contribution in [3.63, 3.8) is 0 Å². The quantitative estimate of drug-likeness (QED) is 0.848. The molecule has 4 N–H and O–H groups in total. The third-order valence-corrected chi connectivity index (χ3v) is 2.60. The average molecular weight is 257 g/mol. The molecule has 0 aliphatic carbocycles. The summed E-state index contributed by atoms with van der Waals surface area (Å²) in [5.74, 6) is 0.475. The van der Waals surface area contributed by atoms with Crippen molar-refractivity contribution in [3.8, 4) is 11.6 Å². The van der Waals surface area contributed by atoms with Gasteiger partial charge in [-0.2, -0.15) is 0 Å². The molecule has 0 saturated carbocycles. The van der Waals surface area contributed by atoms with E-state index >= 15 is 0 Å². The van der Waals surface area contributed by atoms with E-state index in [1.165, 1.54) is 12.3 Å². The number of hydrogen-bond acceptors (Lipinski definition) is 4. The Kier molecular flexibility index (Phi) is 4.10. The normalized spacial score (nSPS) is 10.2. The number of hydrogen-bond donors (Lipinski definition) is 2. The van der Waals surface area contributed by atoms with Crippen LogP contribution in [0.2, 0.25) is 0 Å². The molecular weight excluding hydrogens is 242 g/mol. The van der Waals surface area contributed by atoms with E-state index in [0.29, 0.717) is 23.7 Å². The fourth-order valence-corrected chi connectivity index (χ4v) is 1.63. The van der Waals surface area contributed by atoms with Crippen molar-refractivity contribution in [2.75, 3.05) is 6.54 Å². The molecule has 5 heteroatoms. The molecule has 0 aliphatic rings. The van der Waals surface area contributed by atoms with Crippen LogP contribution in [-0.2, 0) is 6.42 Å². The lowest BCUT2D eigenvalue weighted by Crippen LogP contribution is -2.10. The van der Waals surface area contributed by atoms with Gasteiger partial charge < -0.3 is 16.2 Å². The van der Waals surface area contributed by atoms with Crippen molar-refractivity contribution < 1.29 is 9.53 Å². The standard InChI is InChI=1S/C14H15N3O2/c15-7-5-10-1-3-12(4-2-10)19-13-9-11(14(16)18)6-8-17-13/h1-4,6,8-9H,5,7,15H2,(H2,16,18). The smallest absolute Gasteiger partial charge is 0.248 e. The van der Waals surface area contributed by atoms with Gasteiger partial charge in [0, 0.05) is 17.8 Å². The van der Waals surface area contributed by atoms with Crippen LogP contribution in [-0.4, -0.2) is 17.4 Å². The highest BCUT2D eigenvalue weighted by Gasteiger charge is 2.04. The number of carbonyl (C=O) groups is 1. The van der Waals surface area contributed by atoms with E-state index in [4.69, 9.17) is 16.2 Å². The number of rotatable bonds is 5. The van der Waals surface area contributed by atoms with E-state index in [1.807, 2.05) is 24.3 Å². The summed E-state index contributed by atoms with van der Waals surface area (Å²) < 4.78 is 5.55. The Labute approximate surface area is 111 Å². The lowest BCUT2D eigenvalue weighted by atomic mass is 10.1. The van der Waals surface area contributed by atoms with Crippen LogP contribution in [0.3, 0.4) is 0 Å². The average Bonchev–Trinajstić information content (AvgIpc) is 2.42. The van der Waals surface area contributed by atoms with Gasteiger partial charge in [0.2, 0.25) is 11.8 Å². The molecule has 1 aromatic carbocycles. The highest BCUT2D eigenvalue weighted by molar-refractivity contribution is 5.92. The van der Waals surface area contributed by atoms with Crippen molar-refractivity contribution in [2.24, 2.45) is 11.5 Å². The fraction of sp³-hybridized carbons (Fsp3) is 0.143. The second-order valence-corrected chi connectivity index (χ2v) is 4.03. The summed E-state index contributed by atoms with van der Waals surface area (Å²) in [6, 6.07) is 10.6. The molecule has 2 aromatic rings. The molecule has 0 saturated heterocycles. The summed E-state index contributed by atoms with van der Waals surface area (Å²) in [5, 5.41) is 0. The Hall–Kier alpha value is -2.40. The first kappa shape index (κ1) is 13.0. The summed E-state index contributed by atoms with van der Waals surface area (Å²) in [6.45, 7) is 0.614. The van der Waals surface area contributed by atoms with Gasteiger partial charge in [-0.3, -0.25) is 4.79 Å². The molecule has 0 bridgehead atoms. The minimum Gasteiger partial charge on any atom is -0.439 e. The number of pyridine rings is 1. The first-order valence-corrected chi connectivity index (χ1v) is 5.92. The Bertz CT molecular complexity index is 567. The Balaban J connectivity index is 2.12. The van der Waals surface area contributed by atoms with Crippen molar-refractivity contribution in [1.82, 2.24) is 4.98 Å². The van der Waals surface area contributed by atoms with Crippen LogP contribution in [0.4, 0.5) is 0 Å². The number of aromatic nitrogens is 1. The Morgan fingerprint density at radius 3 is 2.58 bits per heavy atom. The van der Waals surface area contributed by atoms with Gasteiger partial charge in [0.1, 0.15) is 5.75 Å². The van der Waals surface area contributed by atoms with Crippen molar-refractivity contribution in [3.05, 3.63) is 53.7 Å². The van der Waals surface area contributed by atoms with E-state index in [0.717, 1.165) is 12.0 Å². The third-order valence-electron chi connectivity index (χ3n) is 2.60. The molecule has 0 radical (unpaired) electrons. The maximum atomic E-state index is 11.0. The van der Waals surface area contributed by atoms with Gasteiger partial charge in [-0.05, 0) is 36.7 Å². The lowest BCUT2D eigenvalue weighted by molar-refractivity contribution is 0.1000. The molecule has 5 nitrogen and oxygen atoms in total.